The third-order valence-corrected chi connectivity index (χ3v) is 4.02. The second-order valence-electron chi connectivity index (χ2n) is 5.99. The van der Waals surface area contributed by atoms with Crippen molar-refractivity contribution < 1.29 is 23.8 Å². The van der Waals surface area contributed by atoms with E-state index < -0.39 is 0 Å². The van der Waals surface area contributed by atoms with Crippen molar-refractivity contribution in [3.8, 4) is 11.5 Å². The second kappa shape index (κ2) is 9.05. The van der Waals surface area contributed by atoms with Crippen LogP contribution in [0.3, 0.4) is 0 Å². The Balaban J connectivity index is 1.58. The van der Waals surface area contributed by atoms with Crippen molar-refractivity contribution in [2.45, 2.75) is 6.42 Å². The van der Waals surface area contributed by atoms with E-state index in [-0.39, 0.29) is 11.8 Å². The smallest absolute Gasteiger partial charge is 0.255 e. The van der Waals surface area contributed by atoms with E-state index in [1.54, 1.807) is 49.6 Å². The van der Waals surface area contributed by atoms with E-state index in [1.807, 2.05) is 0 Å². The molecule has 1 aliphatic heterocycles. The van der Waals surface area contributed by atoms with Crippen LogP contribution in [0, 0.1) is 0 Å². The standard InChI is InChI=1S/C20H22N2O5/c1-25-10-2-9-21-19(23)14-3-5-15(6-4-14)20(24)22-16-7-8-17-18(13-16)27-12-11-26-17/h3-8,13H,2,9-12H2,1H3,(H,21,23)(H,22,24). The van der Waals surface area contributed by atoms with Crippen LogP contribution in [0.15, 0.2) is 42.5 Å². The number of amides is 2. The summed E-state index contributed by atoms with van der Waals surface area (Å²) in [5.74, 6) is 0.836. The van der Waals surface area contributed by atoms with Crippen LogP contribution < -0.4 is 20.1 Å². The number of carbonyl (C=O) groups excluding carboxylic acids is 2. The van der Waals surface area contributed by atoms with Crippen molar-refractivity contribution in [2.24, 2.45) is 0 Å². The van der Waals surface area contributed by atoms with Gasteiger partial charge in [-0.15, -0.1) is 0 Å². The zero-order chi connectivity index (χ0) is 19.1. The SMILES string of the molecule is COCCCNC(=O)c1ccc(C(=O)Nc2ccc3c(c2)OCCO3)cc1. The molecule has 7 heteroatoms. The molecule has 27 heavy (non-hydrogen) atoms. The first kappa shape index (κ1) is 18.7. The number of nitrogens with one attached hydrogen (secondary N) is 2. The number of benzene rings is 2. The lowest BCUT2D eigenvalue weighted by molar-refractivity contribution is 0.0946. The van der Waals surface area contributed by atoms with Gasteiger partial charge in [0.15, 0.2) is 11.5 Å². The minimum atomic E-state index is -0.265. The Hall–Kier alpha value is -3.06. The van der Waals surface area contributed by atoms with Gasteiger partial charge < -0.3 is 24.8 Å². The normalized spacial score (nSPS) is 12.3. The molecule has 0 aliphatic carbocycles. The molecule has 0 bridgehead atoms. The molecule has 0 saturated heterocycles. The summed E-state index contributed by atoms with van der Waals surface area (Å²) in [5.41, 5.74) is 1.58. The Bertz CT molecular complexity index is 805. The third kappa shape index (κ3) is 4.98. The molecule has 2 aromatic carbocycles. The Morgan fingerprint density at radius 3 is 2.33 bits per heavy atom. The van der Waals surface area contributed by atoms with Crippen LogP contribution in [0.1, 0.15) is 27.1 Å². The molecule has 2 amide bonds. The van der Waals surface area contributed by atoms with Crippen LogP contribution in [0.4, 0.5) is 5.69 Å². The van der Waals surface area contributed by atoms with E-state index >= 15 is 0 Å². The fourth-order valence-corrected chi connectivity index (χ4v) is 2.62. The first-order valence-corrected chi connectivity index (χ1v) is 8.75. The summed E-state index contributed by atoms with van der Waals surface area (Å²) in [4.78, 5) is 24.4. The van der Waals surface area contributed by atoms with E-state index in [2.05, 4.69) is 10.6 Å². The Morgan fingerprint density at radius 1 is 0.963 bits per heavy atom. The second-order valence-corrected chi connectivity index (χ2v) is 5.99. The molecule has 2 N–H and O–H groups in total. The zero-order valence-corrected chi connectivity index (χ0v) is 15.1. The van der Waals surface area contributed by atoms with Gasteiger partial charge in [0.1, 0.15) is 13.2 Å². The summed E-state index contributed by atoms with van der Waals surface area (Å²) in [6.07, 6.45) is 0.748. The van der Waals surface area contributed by atoms with Gasteiger partial charge in [0, 0.05) is 43.1 Å². The highest BCUT2D eigenvalue weighted by Gasteiger charge is 2.14. The van der Waals surface area contributed by atoms with Gasteiger partial charge in [-0.1, -0.05) is 0 Å². The maximum Gasteiger partial charge on any atom is 0.255 e. The number of methoxy groups -OCH3 is 1. The van der Waals surface area contributed by atoms with Crippen molar-refractivity contribution in [3.05, 3.63) is 53.6 Å². The molecule has 2 aromatic rings. The molecule has 1 heterocycles. The van der Waals surface area contributed by atoms with Gasteiger partial charge >= 0.3 is 0 Å². The molecular formula is C20H22N2O5. The molecule has 0 atom stereocenters. The number of rotatable bonds is 7. The number of ether oxygens (including phenoxy) is 3. The number of carbonyl (C=O) groups is 2. The minimum absolute atomic E-state index is 0.176. The Labute approximate surface area is 157 Å². The molecule has 3 rings (SSSR count). The molecule has 0 aromatic heterocycles. The van der Waals surface area contributed by atoms with Crippen molar-refractivity contribution in [1.29, 1.82) is 0 Å². The van der Waals surface area contributed by atoms with Gasteiger partial charge in [-0.05, 0) is 42.8 Å². The van der Waals surface area contributed by atoms with E-state index in [0.717, 1.165) is 6.42 Å². The molecule has 142 valence electrons. The Morgan fingerprint density at radius 2 is 1.63 bits per heavy atom. The van der Waals surface area contributed by atoms with Gasteiger partial charge in [0.2, 0.25) is 0 Å². The number of hydrogen-bond acceptors (Lipinski definition) is 5. The summed E-state index contributed by atoms with van der Waals surface area (Å²) in [6.45, 7) is 2.14. The summed E-state index contributed by atoms with van der Waals surface area (Å²) >= 11 is 0. The summed E-state index contributed by atoms with van der Waals surface area (Å²) < 4.78 is 15.9. The van der Waals surface area contributed by atoms with Gasteiger partial charge in [-0.25, -0.2) is 0 Å². The molecule has 0 radical (unpaired) electrons. The lowest BCUT2D eigenvalue weighted by Gasteiger charge is -2.19. The highest BCUT2D eigenvalue weighted by Crippen LogP contribution is 2.32. The zero-order valence-electron chi connectivity index (χ0n) is 15.1. The van der Waals surface area contributed by atoms with Crippen LogP contribution in [-0.4, -0.2) is 45.3 Å². The maximum atomic E-state index is 12.4. The van der Waals surface area contributed by atoms with Crippen molar-refractivity contribution in [2.75, 3.05) is 38.8 Å². The monoisotopic (exact) mass is 370 g/mol. The maximum absolute atomic E-state index is 12.4. The lowest BCUT2D eigenvalue weighted by atomic mass is 10.1. The van der Waals surface area contributed by atoms with Crippen molar-refractivity contribution in [1.82, 2.24) is 5.32 Å². The average Bonchev–Trinajstić information content (AvgIpc) is 2.71. The van der Waals surface area contributed by atoms with Crippen LogP contribution in [0.2, 0.25) is 0 Å². The average molecular weight is 370 g/mol. The van der Waals surface area contributed by atoms with Crippen LogP contribution in [0.5, 0.6) is 11.5 Å². The van der Waals surface area contributed by atoms with Crippen molar-refractivity contribution >= 4 is 17.5 Å². The van der Waals surface area contributed by atoms with Crippen molar-refractivity contribution in [3.63, 3.8) is 0 Å². The fourth-order valence-electron chi connectivity index (χ4n) is 2.62. The topological polar surface area (TPSA) is 85.9 Å². The quantitative estimate of drug-likeness (QED) is 0.732. The first-order valence-electron chi connectivity index (χ1n) is 8.75. The van der Waals surface area contributed by atoms with Crippen LogP contribution in [0.25, 0.3) is 0 Å². The summed E-state index contributed by atoms with van der Waals surface area (Å²) in [7, 11) is 1.62. The fraction of sp³-hybridized carbons (Fsp3) is 0.300. The number of anilines is 1. The molecule has 0 spiro atoms. The van der Waals surface area contributed by atoms with Gasteiger partial charge in [-0.3, -0.25) is 9.59 Å². The molecular weight excluding hydrogens is 348 g/mol. The predicted molar refractivity (Wildman–Crippen MR) is 101 cm³/mol. The van der Waals surface area contributed by atoms with Crippen LogP contribution in [-0.2, 0) is 4.74 Å². The van der Waals surface area contributed by atoms with Gasteiger partial charge in [-0.2, -0.15) is 0 Å². The Kier molecular flexibility index (Phi) is 6.27. The van der Waals surface area contributed by atoms with Gasteiger partial charge in [0.05, 0.1) is 0 Å². The number of hydrogen-bond donors (Lipinski definition) is 2. The van der Waals surface area contributed by atoms with Gasteiger partial charge in [0.25, 0.3) is 11.8 Å². The molecule has 1 aliphatic rings. The lowest BCUT2D eigenvalue weighted by Crippen LogP contribution is -2.25. The molecule has 7 nitrogen and oxygen atoms in total. The predicted octanol–water partition coefficient (Wildman–Crippen LogP) is 2.48. The number of fused-ring (bicyclic) bond motifs is 1. The summed E-state index contributed by atoms with van der Waals surface area (Å²) in [6, 6.07) is 11.8. The first-order chi connectivity index (χ1) is 13.2. The van der Waals surface area contributed by atoms with E-state index in [9.17, 15) is 9.59 Å². The molecule has 0 unspecified atom stereocenters. The molecule has 0 saturated carbocycles. The molecule has 0 fully saturated rings. The minimum Gasteiger partial charge on any atom is -0.486 e. The van der Waals surface area contributed by atoms with E-state index in [1.165, 1.54) is 0 Å². The van der Waals surface area contributed by atoms with E-state index in [4.69, 9.17) is 14.2 Å². The third-order valence-electron chi connectivity index (χ3n) is 4.02. The largest absolute Gasteiger partial charge is 0.486 e. The highest BCUT2D eigenvalue weighted by atomic mass is 16.6. The highest BCUT2D eigenvalue weighted by molar-refractivity contribution is 6.05. The van der Waals surface area contributed by atoms with E-state index in [0.29, 0.717) is 54.7 Å². The summed E-state index contributed by atoms with van der Waals surface area (Å²) in [5, 5.41) is 5.62. The van der Waals surface area contributed by atoms with Crippen LogP contribution >= 0.6 is 0 Å².